The highest BCUT2D eigenvalue weighted by Crippen LogP contribution is 2.45. The van der Waals surface area contributed by atoms with Crippen molar-refractivity contribution in [1.29, 1.82) is 0 Å². The highest BCUT2D eigenvalue weighted by Gasteiger charge is 2.43. The molecular weight excluding hydrogens is 401 g/mol. The van der Waals surface area contributed by atoms with E-state index in [0.717, 1.165) is 0 Å². The lowest BCUT2D eigenvalue weighted by Gasteiger charge is -2.28. The van der Waals surface area contributed by atoms with Gasteiger partial charge in [0.05, 0.1) is 33.7 Å². The Hall–Kier alpha value is -1.67. The van der Waals surface area contributed by atoms with Gasteiger partial charge < -0.3 is 10.1 Å². The second-order valence-electron chi connectivity index (χ2n) is 5.67. The van der Waals surface area contributed by atoms with Crippen LogP contribution in [0.2, 0.25) is 0 Å². The molecule has 2 aliphatic heterocycles. The lowest BCUT2D eigenvalue weighted by Crippen LogP contribution is -2.29. The first kappa shape index (κ1) is 17.2. The second-order valence-corrected chi connectivity index (χ2v) is 8.61. The Morgan fingerprint density at radius 2 is 2.12 bits per heavy atom. The SMILES string of the molecule is COC(=O)C1=C(C)NC2=C(C1c1ccc(F)c(Br)c1)S(=O)(=O)CC2. The summed E-state index contributed by atoms with van der Waals surface area (Å²) >= 11 is 3.11. The number of rotatable bonds is 2. The summed E-state index contributed by atoms with van der Waals surface area (Å²) in [6.07, 6.45) is 0.363. The van der Waals surface area contributed by atoms with Gasteiger partial charge in [0.1, 0.15) is 5.82 Å². The van der Waals surface area contributed by atoms with Gasteiger partial charge in [-0.15, -0.1) is 0 Å². The Balaban J connectivity index is 2.26. The van der Waals surface area contributed by atoms with Crippen molar-refractivity contribution in [2.24, 2.45) is 0 Å². The fourth-order valence-corrected chi connectivity index (χ4v) is 5.40. The monoisotopic (exact) mass is 415 g/mol. The zero-order chi connectivity index (χ0) is 17.6. The number of hydrogen-bond acceptors (Lipinski definition) is 5. The van der Waals surface area contributed by atoms with E-state index in [2.05, 4.69) is 21.2 Å². The van der Waals surface area contributed by atoms with Crippen molar-refractivity contribution >= 4 is 31.7 Å². The van der Waals surface area contributed by atoms with Gasteiger partial charge in [-0.3, -0.25) is 0 Å². The Morgan fingerprint density at radius 3 is 2.75 bits per heavy atom. The predicted molar refractivity (Wildman–Crippen MR) is 90.1 cm³/mol. The molecule has 0 bridgehead atoms. The van der Waals surface area contributed by atoms with Crippen molar-refractivity contribution in [2.45, 2.75) is 19.3 Å². The molecule has 0 aromatic heterocycles. The standard InChI is InChI=1S/C16H15BrFNO4S/c1-8-13(16(20)23-2)14(9-3-4-11(18)10(17)7-9)15-12(19-8)5-6-24(15,21)22/h3-4,7,14,19H,5-6H2,1-2H3. The molecule has 5 nitrogen and oxygen atoms in total. The van der Waals surface area contributed by atoms with Gasteiger partial charge in [0.25, 0.3) is 0 Å². The summed E-state index contributed by atoms with van der Waals surface area (Å²) in [6, 6.07) is 4.23. The van der Waals surface area contributed by atoms with E-state index in [-0.39, 0.29) is 20.7 Å². The average molecular weight is 416 g/mol. The Labute approximate surface area is 147 Å². The van der Waals surface area contributed by atoms with Crippen molar-refractivity contribution in [3.63, 3.8) is 0 Å². The molecule has 1 unspecified atom stereocenters. The number of carbonyl (C=O) groups is 1. The molecule has 8 heteroatoms. The van der Waals surface area contributed by atoms with Gasteiger partial charge in [-0.05, 0) is 40.5 Å². The fraction of sp³-hybridized carbons (Fsp3) is 0.312. The van der Waals surface area contributed by atoms with Gasteiger partial charge in [-0.2, -0.15) is 0 Å². The van der Waals surface area contributed by atoms with E-state index in [4.69, 9.17) is 4.74 Å². The van der Waals surface area contributed by atoms with Crippen molar-refractivity contribution in [3.05, 3.63) is 55.9 Å². The topological polar surface area (TPSA) is 72.5 Å². The van der Waals surface area contributed by atoms with Crippen LogP contribution >= 0.6 is 15.9 Å². The quantitative estimate of drug-likeness (QED) is 0.751. The van der Waals surface area contributed by atoms with Gasteiger partial charge in [0.15, 0.2) is 9.84 Å². The summed E-state index contributed by atoms with van der Waals surface area (Å²) in [5.74, 6) is -1.89. The van der Waals surface area contributed by atoms with E-state index in [1.807, 2.05) is 0 Å². The summed E-state index contributed by atoms with van der Waals surface area (Å²) in [5, 5.41) is 3.02. The van der Waals surface area contributed by atoms with Crippen LogP contribution in [0.15, 0.2) is 44.5 Å². The Morgan fingerprint density at radius 1 is 1.42 bits per heavy atom. The smallest absolute Gasteiger partial charge is 0.336 e. The van der Waals surface area contributed by atoms with Crippen LogP contribution in [-0.4, -0.2) is 27.2 Å². The highest BCUT2D eigenvalue weighted by molar-refractivity contribution is 9.10. The molecule has 2 aliphatic rings. The van der Waals surface area contributed by atoms with E-state index in [1.54, 1.807) is 6.92 Å². The molecule has 1 aromatic carbocycles. The van der Waals surface area contributed by atoms with Crippen LogP contribution < -0.4 is 5.32 Å². The van der Waals surface area contributed by atoms with Crippen LogP contribution in [0.3, 0.4) is 0 Å². The highest BCUT2D eigenvalue weighted by atomic mass is 79.9. The van der Waals surface area contributed by atoms with Crippen LogP contribution in [0.4, 0.5) is 4.39 Å². The summed E-state index contributed by atoms with van der Waals surface area (Å²) in [7, 11) is -2.26. The molecule has 2 heterocycles. The predicted octanol–water partition coefficient (Wildman–Crippen LogP) is 2.75. The third-order valence-corrected chi connectivity index (χ3v) is 6.73. The molecule has 128 valence electrons. The van der Waals surface area contributed by atoms with Crippen LogP contribution in [0.5, 0.6) is 0 Å². The van der Waals surface area contributed by atoms with Gasteiger partial charge >= 0.3 is 5.97 Å². The largest absolute Gasteiger partial charge is 0.466 e. The number of hydrogen-bond donors (Lipinski definition) is 1. The van der Waals surface area contributed by atoms with Crippen LogP contribution in [0.25, 0.3) is 0 Å². The average Bonchev–Trinajstić information content (AvgIpc) is 2.83. The molecule has 3 rings (SSSR count). The Kier molecular flexibility index (Phi) is 4.29. The number of dihydropyridines is 1. The normalized spacial score (nSPS) is 22.2. The molecule has 0 saturated carbocycles. The molecule has 1 atom stereocenters. The van der Waals surface area contributed by atoms with E-state index >= 15 is 0 Å². The number of sulfone groups is 1. The number of benzene rings is 1. The summed E-state index contributed by atoms with van der Waals surface area (Å²) in [4.78, 5) is 12.5. The number of esters is 1. The van der Waals surface area contributed by atoms with E-state index < -0.39 is 27.5 Å². The maximum atomic E-state index is 13.6. The lowest BCUT2D eigenvalue weighted by atomic mass is 9.86. The van der Waals surface area contributed by atoms with Gasteiger partial charge in [-0.1, -0.05) is 6.07 Å². The zero-order valence-electron chi connectivity index (χ0n) is 13.0. The molecule has 0 aliphatic carbocycles. The number of halogens is 2. The fourth-order valence-electron chi connectivity index (χ4n) is 3.17. The first-order valence-corrected chi connectivity index (χ1v) is 9.67. The van der Waals surface area contributed by atoms with E-state index in [0.29, 0.717) is 23.4 Å². The maximum absolute atomic E-state index is 13.6. The molecule has 0 spiro atoms. The molecular formula is C16H15BrFNO4S. The minimum atomic E-state index is -3.50. The molecule has 0 saturated heterocycles. The molecule has 24 heavy (non-hydrogen) atoms. The van der Waals surface area contributed by atoms with Gasteiger partial charge in [-0.25, -0.2) is 17.6 Å². The molecule has 0 amide bonds. The third kappa shape index (κ3) is 2.67. The number of nitrogens with one attached hydrogen (secondary N) is 1. The number of carbonyl (C=O) groups excluding carboxylic acids is 1. The summed E-state index contributed by atoms with van der Waals surface area (Å²) in [5.41, 5.74) is 1.87. The maximum Gasteiger partial charge on any atom is 0.336 e. The van der Waals surface area contributed by atoms with Crippen molar-refractivity contribution in [2.75, 3.05) is 12.9 Å². The zero-order valence-corrected chi connectivity index (χ0v) is 15.4. The lowest BCUT2D eigenvalue weighted by molar-refractivity contribution is -0.136. The van der Waals surface area contributed by atoms with Crippen LogP contribution in [0.1, 0.15) is 24.8 Å². The van der Waals surface area contributed by atoms with Gasteiger partial charge in [0.2, 0.25) is 0 Å². The van der Waals surface area contributed by atoms with Gasteiger partial charge in [0, 0.05) is 17.8 Å². The number of ether oxygens (including phenoxy) is 1. The van der Waals surface area contributed by atoms with Crippen LogP contribution in [0, 0.1) is 5.82 Å². The minimum Gasteiger partial charge on any atom is -0.466 e. The van der Waals surface area contributed by atoms with E-state index in [1.165, 1.54) is 25.3 Å². The molecule has 0 fully saturated rings. The third-order valence-electron chi connectivity index (χ3n) is 4.23. The number of methoxy groups -OCH3 is 1. The molecule has 1 aromatic rings. The van der Waals surface area contributed by atoms with Crippen molar-refractivity contribution in [3.8, 4) is 0 Å². The second kappa shape index (κ2) is 6.00. The first-order chi connectivity index (χ1) is 11.3. The Bertz CT molecular complexity index is 905. The molecule has 0 radical (unpaired) electrons. The first-order valence-electron chi connectivity index (χ1n) is 7.23. The summed E-state index contributed by atoms with van der Waals surface area (Å²) in [6.45, 7) is 1.70. The summed E-state index contributed by atoms with van der Waals surface area (Å²) < 4.78 is 43.7. The minimum absolute atomic E-state index is 0.00867. The van der Waals surface area contributed by atoms with Crippen molar-refractivity contribution in [1.82, 2.24) is 5.32 Å². The van der Waals surface area contributed by atoms with Crippen LogP contribution in [-0.2, 0) is 19.4 Å². The van der Waals surface area contributed by atoms with E-state index in [9.17, 15) is 17.6 Å². The number of allylic oxidation sites excluding steroid dienone is 3. The van der Waals surface area contributed by atoms with Crippen molar-refractivity contribution < 1.29 is 22.3 Å². The molecule has 1 N–H and O–H groups in total.